The van der Waals surface area contributed by atoms with E-state index < -0.39 is 54.8 Å². The number of aliphatic hydroxyl groups excluding tert-OH is 8. The Bertz CT molecular complexity index is 896. The highest BCUT2D eigenvalue weighted by molar-refractivity contribution is 5.75. The molecular formula is C36H69NO13. The molecule has 50 heavy (non-hydrogen) atoms. The van der Waals surface area contributed by atoms with Gasteiger partial charge in [0.2, 0.25) is 0 Å². The van der Waals surface area contributed by atoms with E-state index in [2.05, 4.69) is 16.6 Å². The maximum atomic E-state index is 12.5. The van der Waals surface area contributed by atoms with Crippen molar-refractivity contribution in [3.8, 4) is 0 Å². The molecule has 0 saturated heterocycles. The number of rotatable bonds is 31. The molecule has 14 heteroatoms. The van der Waals surface area contributed by atoms with Crippen LogP contribution in [-0.4, -0.2) is 153 Å². The Morgan fingerprint density at radius 2 is 1.22 bits per heavy atom. The molecular weight excluding hydrogens is 654 g/mol. The number of nitrogens with zero attached hydrogens (tertiary/aromatic N) is 1. The maximum Gasteiger partial charge on any atom is 0.337 e. The molecule has 0 heterocycles. The van der Waals surface area contributed by atoms with Crippen LogP contribution in [0, 0.1) is 5.92 Å². The van der Waals surface area contributed by atoms with Gasteiger partial charge in [0.05, 0.1) is 19.8 Å². The van der Waals surface area contributed by atoms with Crippen molar-refractivity contribution < 1.29 is 64.7 Å². The van der Waals surface area contributed by atoms with Gasteiger partial charge < -0.3 is 60.0 Å². The number of carbonyl (C=O) groups excluding carboxylic acids is 2. The second-order valence-electron chi connectivity index (χ2n) is 14.3. The summed E-state index contributed by atoms with van der Waals surface area (Å²) in [6, 6.07) is 0. The number of ether oxygens (including phenoxy) is 3. The molecule has 0 amide bonds. The van der Waals surface area contributed by atoms with Gasteiger partial charge in [0, 0.05) is 6.42 Å². The minimum absolute atomic E-state index is 0.0282. The summed E-state index contributed by atoms with van der Waals surface area (Å²) in [5.41, 5.74) is 0. The fraction of sp³-hybridized carbons (Fsp3) is 0.944. The Labute approximate surface area is 298 Å². The van der Waals surface area contributed by atoms with Crippen molar-refractivity contribution in [2.24, 2.45) is 5.92 Å². The van der Waals surface area contributed by atoms with Crippen LogP contribution in [0.2, 0.25) is 0 Å². The van der Waals surface area contributed by atoms with E-state index in [1.54, 1.807) is 0 Å². The van der Waals surface area contributed by atoms with E-state index in [-0.39, 0.29) is 24.8 Å². The molecule has 0 spiro atoms. The zero-order valence-corrected chi connectivity index (χ0v) is 30.9. The van der Waals surface area contributed by atoms with Crippen molar-refractivity contribution in [3.63, 3.8) is 0 Å². The number of hydrogen-bond donors (Lipinski definition) is 8. The predicted octanol–water partition coefficient (Wildman–Crippen LogP) is 1.19. The van der Waals surface area contributed by atoms with Crippen molar-refractivity contribution >= 4 is 11.9 Å². The van der Waals surface area contributed by atoms with E-state index in [4.69, 9.17) is 9.47 Å². The second kappa shape index (κ2) is 26.3. The molecule has 1 fully saturated rings. The molecule has 0 aromatic heterocycles. The molecule has 11 atom stereocenters. The van der Waals surface area contributed by atoms with E-state index in [0.717, 1.165) is 77.9 Å². The lowest BCUT2D eigenvalue weighted by atomic mass is 9.93. The molecule has 296 valence electrons. The number of esters is 2. The zero-order chi connectivity index (χ0) is 37.6. The summed E-state index contributed by atoms with van der Waals surface area (Å²) in [6.07, 6.45) is 0.152. The molecule has 1 aliphatic carbocycles. The highest BCUT2D eigenvalue weighted by Gasteiger charge is 2.43. The quantitative estimate of drug-likeness (QED) is 0.0372. The van der Waals surface area contributed by atoms with E-state index in [1.165, 1.54) is 38.5 Å². The van der Waals surface area contributed by atoms with E-state index in [9.17, 15) is 50.4 Å². The maximum absolute atomic E-state index is 12.5. The van der Waals surface area contributed by atoms with Crippen molar-refractivity contribution in [1.82, 2.24) is 4.90 Å². The zero-order valence-electron chi connectivity index (χ0n) is 30.9. The van der Waals surface area contributed by atoms with Crippen LogP contribution in [0.3, 0.4) is 0 Å². The van der Waals surface area contributed by atoms with Crippen LogP contribution in [0.15, 0.2) is 0 Å². The smallest absolute Gasteiger partial charge is 0.337 e. The summed E-state index contributed by atoms with van der Waals surface area (Å²) in [4.78, 5) is 25.9. The number of aliphatic hydroxyl groups is 8. The van der Waals surface area contributed by atoms with Crippen molar-refractivity contribution in [2.45, 2.75) is 177 Å². The van der Waals surface area contributed by atoms with Crippen LogP contribution in [0.4, 0.5) is 0 Å². The Balaban J connectivity index is 2.34. The SMILES string of the molecule is CCCCCCCCCC(CCCCCCC1CC1OCC(O)C(O)C(O)C(O)C(O)C(O)C(O)C(O)C(=O)OC)OC(=O)CCCN(C)C. The first-order chi connectivity index (χ1) is 23.7. The molecule has 0 bridgehead atoms. The van der Waals surface area contributed by atoms with Gasteiger partial charge in [0.1, 0.15) is 48.8 Å². The van der Waals surface area contributed by atoms with Crippen LogP contribution in [0.5, 0.6) is 0 Å². The average molecular weight is 724 g/mol. The van der Waals surface area contributed by atoms with Gasteiger partial charge in [-0.25, -0.2) is 4.79 Å². The topological polar surface area (TPSA) is 227 Å². The number of hydrogen-bond acceptors (Lipinski definition) is 14. The second-order valence-corrected chi connectivity index (χ2v) is 14.3. The minimum atomic E-state index is -2.29. The van der Waals surface area contributed by atoms with Crippen LogP contribution in [0.1, 0.15) is 116 Å². The van der Waals surface area contributed by atoms with Gasteiger partial charge in [0.25, 0.3) is 0 Å². The van der Waals surface area contributed by atoms with Gasteiger partial charge in [-0.15, -0.1) is 0 Å². The Morgan fingerprint density at radius 3 is 1.78 bits per heavy atom. The van der Waals surface area contributed by atoms with Crippen LogP contribution in [0.25, 0.3) is 0 Å². The van der Waals surface area contributed by atoms with Crippen molar-refractivity contribution in [3.05, 3.63) is 0 Å². The van der Waals surface area contributed by atoms with E-state index in [1.807, 2.05) is 14.1 Å². The number of carbonyl (C=O) groups is 2. The summed E-state index contributed by atoms with van der Waals surface area (Å²) >= 11 is 0. The third kappa shape index (κ3) is 18.9. The van der Waals surface area contributed by atoms with Crippen molar-refractivity contribution in [1.29, 1.82) is 0 Å². The molecule has 0 radical (unpaired) electrons. The first-order valence-electron chi connectivity index (χ1n) is 18.7. The average Bonchev–Trinajstić information content (AvgIpc) is 3.86. The molecule has 0 aliphatic heterocycles. The van der Waals surface area contributed by atoms with Gasteiger partial charge in [-0.2, -0.15) is 0 Å². The summed E-state index contributed by atoms with van der Waals surface area (Å²) in [6.45, 7) is 2.73. The Morgan fingerprint density at radius 1 is 0.700 bits per heavy atom. The summed E-state index contributed by atoms with van der Waals surface area (Å²) in [7, 11) is 4.91. The van der Waals surface area contributed by atoms with Gasteiger partial charge >= 0.3 is 11.9 Å². The first-order valence-corrected chi connectivity index (χ1v) is 18.7. The number of methoxy groups -OCH3 is 1. The van der Waals surface area contributed by atoms with Gasteiger partial charge in [0.15, 0.2) is 6.10 Å². The third-order valence-corrected chi connectivity index (χ3v) is 9.51. The Kier molecular flexibility index (Phi) is 24.5. The number of unbranched alkanes of at least 4 members (excludes halogenated alkanes) is 9. The van der Waals surface area contributed by atoms with Gasteiger partial charge in [-0.05, 0) is 71.5 Å². The first kappa shape index (κ1) is 46.6. The minimum Gasteiger partial charge on any atom is -0.467 e. The molecule has 11 unspecified atom stereocenters. The summed E-state index contributed by atoms with van der Waals surface area (Å²) < 4.78 is 15.8. The summed E-state index contributed by atoms with van der Waals surface area (Å²) in [5, 5.41) is 80.6. The largest absolute Gasteiger partial charge is 0.467 e. The highest BCUT2D eigenvalue weighted by atomic mass is 16.5. The molecule has 0 aromatic rings. The van der Waals surface area contributed by atoms with Crippen LogP contribution >= 0.6 is 0 Å². The third-order valence-electron chi connectivity index (χ3n) is 9.51. The predicted molar refractivity (Wildman–Crippen MR) is 186 cm³/mol. The lowest BCUT2D eigenvalue weighted by molar-refractivity contribution is -0.188. The van der Waals surface area contributed by atoms with Crippen molar-refractivity contribution in [2.75, 3.05) is 34.4 Å². The molecule has 1 rings (SSSR count). The van der Waals surface area contributed by atoms with E-state index >= 15 is 0 Å². The highest BCUT2D eigenvalue weighted by Crippen LogP contribution is 2.38. The fourth-order valence-corrected chi connectivity index (χ4v) is 6.04. The van der Waals surface area contributed by atoms with Gasteiger partial charge in [-0.1, -0.05) is 64.7 Å². The van der Waals surface area contributed by atoms with Crippen LogP contribution in [-0.2, 0) is 23.8 Å². The fourth-order valence-electron chi connectivity index (χ4n) is 6.04. The van der Waals surface area contributed by atoms with Crippen LogP contribution < -0.4 is 0 Å². The lowest BCUT2D eigenvalue weighted by Crippen LogP contribution is -2.57. The van der Waals surface area contributed by atoms with E-state index in [0.29, 0.717) is 12.3 Å². The molecule has 0 aromatic carbocycles. The molecule has 14 nitrogen and oxygen atoms in total. The molecule has 1 aliphatic rings. The van der Waals surface area contributed by atoms with Gasteiger partial charge in [-0.3, -0.25) is 4.79 Å². The standard InChI is InChI=1S/C36H69NO13/c1-5-6-7-8-9-10-14-18-25(50-28(39)20-16-21-37(2)3)19-15-12-11-13-17-24-22-27(24)49-23-26(38)29(40)30(41)31(42)32(43)33(44)34(45)35(46)36(47)48-4/h24-27,29-35,38,40-46H,5-23H2,1-4H3. The Hall–Kier alpha value is -1.46. The molecule has 1 saturated carbocycles. The molecule has 8 N–H and O–H groups in total. The normalized spacial score (nSPS) is 21.5. The lowest BCUT2D eigenvalue weighted by Gasteiger charge is -2.33. The summed E-state index contributed by atoms with van der Waals surface area (Å²) in [5.74, 6) is -1.09. The monoisotopic (exact) mass is 723 g/mol.